The second kappa shape index (κ2) is 16.8. The molecule has 4 saturated heterocycles. The predicted octanol–water partition coefficient (Wildman–Crippen LogP) is 2.07. The second-order valence-electron chi connectivity index (χ2n) is 17.2. The van der Waals surface area contributed by atoms with Crippen molar-refractivity contribution in [3.63, 3.8) is 0 Å². The van der Waals surface area contributed by atoms with Crippen molar-refractivity contribution < 1.29 is 43.0 Å². The van der Waals surface area contributed by atoms with Gasteiger partial charge in [-0.2, -0.15) is 0 Å². The minimum Gasteiger partial charge on any atom is -0.353 e. The first-order chi connectivity index (χ1) is 28.5. The minimum atomic E-state index is -1.31. The Balaban J connectivity index is 1.35. The van der Waals surface area contributed by atoms with Crippen LogP contribution in [0.5, 0.6) is 0 Å². The highest BCUT2D eigenvalue weighted by molar-refractivity contribution is 5.99. The van der Waals surface area contributed by atoms with Gasteiger partial charge in [0.1, 0.15) is 53.4 Å². The van der Waals surface area contributed by atoms with Gasteiger partial charge >= 0.3 is 0 Å². The Hall–Kier alpha value is -5.64. The number of benzene rings is 3. The van der Waals surface area contributed by atoms with E-state index in [-0.39, 0.29) is 39.1 Å². The molecule has 4 heterocycles. The molecule has 0 aliphatic carbocycles. The molecule has 3 aromatic carbocycles. The minimum absolute atomic E-state index is 0.0461. The summed E-state index contributed by atoms with van der Waals surface area (Å²) in [7, 11) is 0. The van der Waals surface area contributed by atoms with Gasteiger partial charge in [0.2, 0.25) is 35.4 Å². The van der Waals surface area contributed by atoms with Gasteiger partial charge < -0.3 is 30.2 Å². The Kier molecular flexibility index (Phi) is 11.9. The molecule has 4 fully saturated rings. The topological polar surface area (TPSA) is 176 Å². The normalized spacial score (nSPS) is 28.2. The summed E-state index contributed by atoms with van der Waals surface area (Å²) in [6.07, 6.45) is 0.138. The second-order valence-corrected chi connectivity index (χ2v) is 17.2. The van der Waals surface area contributed by atoms with Crippen molar-refractivity contribution in [3.05, 3.63) is 108 Å². The molecule has 318 valence electrons. The lowest BCUT2D eigenvalue weighted by Gasteiger charge is -2.39. The van der Waals surface area contributed by atoms with E-state index in [1.54, 1.807) is 41.5 Å². The zero-order valence-corrected chi connectivity index (χ0v) is 34.9. The monoisotopic (exact) mass is 822 g/mol. The standard InChI is InChI=1S/C45H54N6O9/c1-43(2)49-34(25-58-43)37(52)47-32(23-29-18-12-8-13-19-29)41(56)51-36(27-60-45(51,5)6)39(54)48-33(24-30-20-14-9-15-21-30)42(57)50-35(26-59-44(50,3)4)38(53)46-31(40(49)55)22-28-16-10-7-11-17-28/h7-21,31-36H,22-27H2,1-6H3,(H,46,53)(H,47,52)(H,48,54)/t31-,32-,33-,34-,35-,36-/m0/s1. The number of carbonyl (C=O) groups excluding carboxylic acids is 6. The molecule has 60 heavy (non-hydrogen) atoms. The molecule has 0 aromatic heterocycles. The average molecular weight is 823 g/mol. The molecule has 15 nitrogen and oxygen atoms in total. The van der Waals surface area contributed by atoms with Crippen LogP contribution in [0.1, 0.15) is 58.2 Å². The number of amides is 6. The smallest absolute Gasteiger partial charge is 0.248 e. The molecule has 6 atom stereocenters. The summed E-state index contributed by atoms with van der Waals surface area (Å²) in [5, 5.41) is 8.76. The van der Waals surface area contributed by atoms with E-state index in [1.165, 1.54) is 14.7 Å². The number of nitrogens with one attached hydrogen (secondary N) is 3. The molecule has 4 aliphatic heterocycles. The maximum absolute atomic E-state index is 15.0. The van der Waals surface area contributed by atoms with Crippen molar-refractivity contribution >= 4 is 35.4 Å². The van der Waals surface area contributed by atoms with Crippen molar-refractivity contribution in [1.82, 2.24) is 30.7 Å². The number of hydrogen-bond acceptors (Lipinski definition) is 9. The summed E-state index contributed by atoms with van der Waals surface area (Å²) >= 11 is 0. The molecule has 0 radical (unpaired) electrons. The van der Waals surface area contributed by atoms with Crippen LogP contribution in [0.4, 0.5) is 0 Å². The molecular weight excluding hydrogens is 769 g/mol. The van der Waals surface area contributed by atoms with E-state index in [9.17, 15) is 28.8 Å². The van der Waals surface area contributed by atoms with E-state index in [4.69, 9.17) is 14.2 Å². The summed E-state index contributed by atoms with van der Waals surface area (Å²) in [5.41, 5.74) is -1.72. The number of rotatable bonds is 6. The van der Waals surface area contributed by atoms with Gasteiger partial charge in [0.15, 0.2) is 0 Å². The van der Waals surface area contributed by atoms with Gasteiger partial charge in [0.25, 0.3) is 0 Å². The van der Waals surface area contributed by atoms with E-state index in [1.807, 2.05) is 91.0 Å². The summed E-state index contributed by atoms with van der Waals surface area (Å²) in [4.78, 5) is 92.6. The van der Waals surface area contributed by atoms with Crippen LogP contribution in [-0.4, -0.2) is 123 Å². The number of nitrogens with zero attached hydrogens (tertiary/aromatic N) is 3. The molecule has 6 amide bonds. The van der Waals surface area contributed by atoms with Crippen molar-refractivity contribution in [3.8, 4) is 0 Å². The molecule has 0 unspecified atom stereocenters. The van der Waals surface area contributed by atoms with E-state index in [0.717, 1.165) is 16.7 Å². The number of carbonyl (C=O) groups is 6. The van der Waals surface area contributed by atoms with Crippen LogP contribution >= 0.6 is 0 Å². The third kappa shape index (κ3) is 8.65. The van der Waals surface area contributed by atoms with Gasteiger partial charge in [0, 0.05) is 19.3 Å². The Bertz CT molecular complexity index is 1860. The van der Waals surface area contributed by atoms with Crippen molar-refractivity contribution in [2.45, 2.75) is 114 Å². The summed E-state index contributed by atoms with van der Waals surface area (Å²) in [6, 6.07) is 20.1. The fraction of sp³-hybridized carbons (Fsp3) is 0.467. The van der Waals surface area contributed by atoms with Crippen LogP contribution in [0.3, 0.4) is 0 Å². The van der Waals surface area contributed by atoms with Crippen LogP contribution in [0.2, 0.25) is 0 Å². The lowest BCUT2D eigenvalue weighted by molar-refractivity contribution is -0.157. The van der Waals surface area contributed by atoms with Crippen molar-refractivity contribution in [2.24, 2.45) is 0 Å². The zero-order valence-electron chi connectivity index (χ0n) is 34.9. The van der Waals surface area contributed by atoms with E-state index >= 15 is 0 Å². The summed E-state index contributed by atoms with van der Waals surface area (Å²) < 4.78 is 18.3. The fourth-order valence-corrected chi connectivity index (χ4v) is 8.70. The first kappa shape index (κ1) is 42.5. The maximum Gasteiger partial charge on any atom is 0.248 e. The first-order valence-electron chi connectivity index (χ1n) is 20.4. The summed E-state index contributed by atoms with van der Waals surface area (Å²) in [6.45, 7) is 9.38. The van der Waals surface area contributed by atoms with Gasteiger partial charge in [-0.05, 0) is 58.2 Å². The van der Waals surface area contributed by atoms with Crippen LogP contribution in [0.25, 0.3) is 0 Å². The molecule has 0 spiro atoms. The van der Waals surface area contributed by atoms with Crippen LogP contribution in [0, 0.1) is 0 Å². The van der Waals surface area contributed by atoms with Gasteiger partial charge in [-0.1, -0.05) is 91.0 Å². The van der Waals surface area contributed by atoms with E-state index < -0.39 is 88.9 Å². The van der Waals surface area contributed by atoms with Crippen LogP contribution in [-0.2, 0) is 62.2 Å². The molecule has 0 saturated carbocycles. The Morgan fingerprint density at radius 1 is 0.433 bits per heavy atom. The van der Waals surface area contributed by atoms with Gasteiger partial charge in [-0.25, -0.2) is 0 Å². The Morgan fingerprint density at radius 2 is 0.667 bits per heavy atom. The SMILES string of the molecule is CC1(C)OC[C@H]2C(=O)N[C@@H](Cc3ccccc3)C(=O)N3[C@@H](COC3(C)C)C(=O)N[C@@H](Cc3ccccc3)C(=O)N3[C@@H](COC3(C)C)C(=O)N[C@@H](Cc3ccccc3)C(=O)N21. The summed E-state index contributed by atoms with van der Waals surface area (Å²) in [5.74, 6) is -3.75. The Labute approximate surface area is 350 Å². The molecular formula is C45H54N6O9. The molecule has 7 rings (SSSR count). The first-order valence-corrected chi connectivity index (χ1v) is 20.4. The molecule has 0 bridgehead atoms. The lowest BCUT2D eigenvalue weighted by Crippen LogP contribution is -2.65. The fourth-order valence-electron chi connectivity index (χ4n) is 8.70. The van der Waals surface area contributed by atoms with Crippen molar-refractivity contribution in [2.75, 3.05) is 19.8 Å². The van der Waals surface area contributed by atoms with Crippen LogP contribution < -0.4 is 16.0 Å². The highest BCUT2D eigenvalue weighted by Gasteiger charge is 2.54. The quantitative estimate of drug-likeness (QED) is 0.336. The average Bonchev–Trinajstić information content (AvgIpc) is 3.84. The number of fused-ring (bicyclic) bond motifs is 3. The Morgan fingerprint density at radius 3 is 0.900 bits per heavy atom. The van der Waals surface area contributed by atoms with Crippen LogP contribution in [0.15, 0.2) is 91.0 Å². The number of hydrogen-bond donors (Lipinski definition) is 3. The maximum atomic E-state index is 15.0. The van der Waals surface area contributed by atoms with Gasteiger partial charge in [-0.3, -0.25) is 43.5 Å². The molecule has 15 heteroatoms. The zero-order chi connectivity index (χ0) is 43.0. The van der Waals surface area contributed by atoms with Gasteiger partial charge in [-0.15, -0.1) is 0 Å². The van der Waals surface area contributed by atoms with E-state index in [0.29, 0.717) is 0 Å². The van der Waals surface area contributed by atoms with Gasteiger partial charge in [0.05, 0.1) is 19.8 Å². The lowest BCUT2D eigenvalue weighted by atomic mass is 9.99. The molecule has 4 aliphatic rings. The highest BCUT2D eigenvalue weighted by Crippen LogP contribution is 2.33. The third-order valence-corrected chi connectivity index (χ3v) is 11.8. The largest absolute Gasteiger partial charge is 0.353 e. The number of ether oxygens (including phenoxy) is 3. The molecule has 3 N–H and O–H groups in total. The predicted molar refractivity (Wildman–Crippen MR) is 218 cm³/mol. The highest BCUT2D eigenvalue weighted by atomic mass is 16.5. The third-order valence-electron chi connectivity index (χ3n) is 11.8. The van der Waals surface area contributed by atoms with Crippen molar-refractivity contribution in [1.29, 1.82) is 0 Å². The van der Waals surface area contributed by atoms with E-state index in [2.05, 4.69) is 16.0 Å². The molecule has 3 aromatic rings.